The second-order valence-electron chi connectivity index (χ2n) is 9.02. The summed E-state index contributed by atoms with van der Waals surface area (Å²) in [6.45, 7) is 8.87. The van der Waals surface area contributed by atoms with Gasteiger partial charge in [-0.05, 0) is 41.8 Å². The summed E-state index contributed by atoms with van der Waals surface area (Å²) in [5.74, 6) is -1.40. The van der Waals surface area contributed by atoms with Crippen LogP contribution in [0.1, 0.15) is 66.7 Å². The monoisotopic (exact) mass is 646 g/mol. The van der Waals surface area contributed by atoms with E-state index in [1.165, 1.54) is 5.57 Å². The van der Waals surface area contributed by atoms with Crippen molar-refractivity contribution >= 4 is 56.9 Å². The van der Waals surface area contributed by atoms with Crippen molar-refractivity contribution < 1.29 is 24.5 Å². The van der Waals surface area contributed by atoms with Crippen LogP contribution in [0.25, 0.3) is 0 Å². The number of ketones is 1. The molecule has 5 atom stereocenters. The SMILES string of the molecule is C/C(=C\I)[C@@H]1C/C=C(/CI)CCC[C@H](C)[C@H](O)[C@@H](C)C(=O)C(C)(C)[C@@H](O)CC(=O)O1. The lowest BCUT2D eigenvalue weighted by Gasteiger charge is -2.34. The first kappa shape index (κ1) is 28.0. The Hall–Kier alpha value is -0.000000000000000222. The standard InChI is InChI=1S/C23H36I2O5/c1-14-7-6-8-17(13-25)9-10-18(15(2)12-24)30-20(27)11-19(26)23(4,5)22(29)16(3)21(14)28/h9,12,14,16,18-19,21,26,28H,6-8,10-11,13H2,1-5H3/b15-12+,17-9+/t14-,16+,18-,19-,21-/m0/s1. The topological polar surface area (TPSA) is 83.8 Å². The molecule has 0 spiro atoms. The van der Waals surface area contributed by atoms with Gasteiger partial charge in [0.2, 0.25) is 0 Å². The molecule has 1 heterocycles. The number of esters is 1. The van der Waals surface area contributed by atoms with Crippen LogP contribution in [0.15, 0.2) is 21.3 Å². The third kappa shape index (κ3) is 7.85. The zero-order chi connectivity index (χ0) is 23.1. The van der Waals surface area contributed by atoms with Gasteiger partial charge < -0.3 is 14.9 Å². The molecule has 1 aliphatic heterocycles. The van der Waals surface area contributed by atoms with E-state index in [4.69, 9.17) is 4.74 Å². The molecule has 0 radical (unpaired) electrons. The van der Waals surface area contributed by atoms with Crippen LogP contribution >= 0.6 is 45.2 Å². The molecule has 2 N–H and O–H groups in total. The number of ether oxygens (including phenoxy) is 1. The molecule has 0 saturated heterocycles. The number of alkyl halides is 1. The van der Waals surface area contributed by atoms with Gasteiger partial charge >= 0.3 is 5.97 Å². The van der Waals surface area contributed by atoms with Crippen LogP contribution in [0.3, 0.4) is 0 Å². The van der Waals surface area contributed by atoms with Crippen molar-refractivity contribution in [1.29, 1.82) is 0 Å². The van der Waals surface area contributed by atoms with E-state index in [0.29, 0.717) is 6.42 Å². The normalized spacial score (nSPS) is 34.8. The van der Waals surface area contributed by atoms with Crippen molar-refractivity contribution in [2.45, 2.75) is 85.0 Å². The fraction of sp³-hybridized carbons (Fsp3) is 0.739. The molecule has 5 nitrogen and oxygen atoms in total. The quantitative estimate of drug-likeness (QED) is 0.188. The van der Waals surface area contributed by atoms with Gasteiger partial charge in [-0.3, -0.25) is 9.59 Å². The molecular formula is C23H36I2O5. The van der Waals surface area contributed by atoms with Crippen molar-refractivity contribution in [1.82, 2.24) is 0 Å². The van der Waals surface area contributed by atoms with Gasteiger partial charge in [0.05, 0.1) is 24.0 Å². The number of aliphatic hydroxyl groups is 2. The van der Waals surface area contributed by atoms with Crippen molar-refractivity contribution in [3.05, 3.63) is 21.3 Å². The average Bonchev–Trinajstić information content (AvgIpc) is 2.71. The molecule has 172 valence electrons. The number of cyclic esters (lactones) is 1. The number of rotatable bonds is 2. The van der Waals surface area contributed by atoms with Gasteiger partial charge in [-0.15, -0.1) is 0 Å². The first-order valence-electron chi connectivity index (χ1n) is 10.6. The Labute approximate surface area is 208 Å². The molecule has 0 bridgehead atoms. The largest absolute Gasteiger partial charge is 0.457 e. The van der Waals surface area contributed by atoms with Crippen LogP contribution in [0, 0.1) is 17.3 Å². The minimum atomic E-state index is -1.18. The number of carbonyl (C=O) groups excluding carboxylic acids is 2. The molecule has 0 amide bonds. The van der Waals surface area contributed by atoms with E-state index < -0.39 is 29.5 Å². The highest BCUT2D eigenvalue weighted by molar-refractivity contribution is 14.1. The maximum atomic E-state index is 13.1. The third-order valence-electron chi connectivity index (χ3n) is 6.24. The van der Waals surface area contributed by atoms with Gasteiger partial charge in [-0.2, -0.15) is 0 Å². The number of hydrogen-bond donors (Lipinski definition) is 2. The summed E-state index contributed by atoms with van der Waals surface area (Å²) < 4.78 is 8.48. The molecule has 1 aliphatic rings. The fourth-order valence-electron chi connectivity index (χ4n) is 3.73. The highest BCUT2D eigenvalue weighted by Crippen LogP contribution is 2.32. The first-order chi connectivity index (χ1) is 13.9. The zero-order valence-corrected chi connectivity index (χ0v) is 23.0. The first-order valence-corrected chi connectivity index (χ1v) is 13.3. The molecule has 7 heteroatoms. The van der Waals surface area contributed by atoms with Crippen molar-refractivity contribution in [3.63, 3.8) is 0 Å². The van der Waals surface area contributed by atoms with Gasteiger partial charge in [0, 0.05) is 16.8 Å². The van der Waals surface area contributed by atoms with Crippen LogP contribution in [0.2, 0.25) is 0 Å². The summed E-state index contributed by atoms with van der Waals surface area (Å²) in [4.78, 5) is 25.6. The number of halogens is 2. The van der Waals surface area contributed by atoms with Crippen LogP contribution in [-0.2, 0) is 14.3 Å². The molecule has 0 aromatic carbocycles. The summed E-state index contributed by atoms with van der Waals surface area (Å²) in [5, 5.41) is 21.4. The Morgan fingerprint density at radius 1 is 1.30 bits per heavy atom. The van der Waals surface area contributed by atoms with Crippen molar-refractivity contribution in [2.24, 2.45) is 17.3 Å². The summed E-state index contributed by atoms with van der Waals surface area (Å²) in [6, 6.07) is 0. The highest BCUT2D eigenvalue weighted by Gasteiger charge is 2.42. The summed E-state index contributed by atoms with van der Waals surface area (Å²) in [6.07, 6.45) is 2.79. The summed E-state index contributed by atoms with van der Waals surface area (Å²) >= 11 is 4.48. The molecular weight excluding hydrogens is 610 g/mol. The number of aliphatic hydroxyl groups excluding tert-OH is 2. The third-order valence-corrected chi connectivity index (χ3v) is 8.20. The summed E-state index contributed by atoms with van der Waals surface area (Å²) in [7, 11) is 0. The Kier molecular flexibility index (Phi) is 12.0. The predicted octanol–water partition coefficient (Wildman–Crippen LogP) is 5.15. The Balaban J connectivity index is 3.22. The van der Waals surface area contributed by atoms with Gasteiger partial charge in [0.1, 0.15) is 11.9 Å². The maximum absolute atomic E-state index is 13.1. The molecule has 0 saturated carbocycles. The average molecular weight is 646 g/mol. The lowest BCUT2D eigenvalue weighted by atomic mass is 9.73. The molecule has 0 unspecified atom stereocenters. The van der Waals surface area contributed by atoms with Crippen LogP contribution < -0.4 is 0 Å². The summed E-state index contributed by atoms with van der Waals surface area (Å²) in [5.41, 5.74) is 1.08. The number of Topliss-reactive ketones (excluding diaryl/α,β-unsaturated/α-hetero) is 1. The van der Waals surface area contributed by atoms with Gasteiger partial charge in [0.25, 0.3) is 0 Å². The van der Waals surface area contributed by atoms with Gasteiger partial charge in [-0.25, -0.2) is 0 Å². The lowest BCUT2D eigenvalue weighted by Crippen LogP contribution is -2.45. The van der Waals surface area contributed by atoms with Gasteiger partial charge in [-0.1, -0.05) is 84.5 Å². The fourth-order valence-corrected chi connectivity index (χ4v) is 4.83. The van der Waals surface area contributed by atoms with E-state index in [2.05, 4.69) is 51.3 Å². The number of allylic oxidation sites excluding steroid dienone is 1. The van der Waals surface area contributed by atoms with E-state index >= 15 is 0 Å². The predicted molar refractivity (Wildman–Crippen MR) is 137 cm³/mol. The van der Waals surface area contributed by atoms with Gasteiger partial charge in [0.15, 0.2) is 0 Å². The minimum Gasteiger partial charge on any atom is -0.457 e. The molecule has 0 fully saturated rings. The second kappa shape index (κ2) is 12.9. The van der Waals surface area contributed by atoms with Crippen molar-refractivity contribution in [2.75, 3.05) is 4.43 Å². The smallest absolute Gasteiger partial charge is 0.309 e. The molecule has 30 heavy (non-hydrogen) atoms. The van der Waals surface area contributed by atoms with E-state index in [9.17, 15) is 19.8 Å². The highest BCUT2D eigenvalue weighted by atomic mass is 127. The minimum absolute atomic E-state index is 0.0258. The van der Waals surface area contributed by atoms with Crippen LogP contribution in [0.5, 0.6) is 0 Å². The Bertz CT molecular complexity index is 656. The molecule has 0 aromatic rings. The van der Waals surface area contributed by atoms with E-state index in [1.54, 1.807) is 20.8 Å². The molecule has 0 aromatic heterocycles. The van der Waals surface area contributed by atoms with E-state index in [-0.39, 0.29) is 24.2 Å². The Morgan fingerprint density at radius 2 is 1.93 bits per heavy atom. The number of hydrogen-bond acceptors (Lipinski definition) is 5. The maximum Gasteiger partial charge on any atom is 0.309 e. The second-order valence-corrected chi connectivity index (χ2v) is 10.4. The lowest BCUT2D eigenvalue weighted by molar-refractivity contribution is -0.154. The Morgan fingerprint density at radius 3 is 2.50 bits per heavy atom. The van der Waals surface area contributed by atoms with Crippen LogP contribution in [0.4, 0.5) is 0 Å². The van der Waals surface area contributed by atoms with Crippen LogP contribution in [-0.4, -0.2) is 44.7 Å². The zero-order valence-electron chi connectivity index (χ0n) is 18.7. The number of carbonyl (C=O) groups is 2. The van der Waals surface area contributed by atoms with E-state index in [1.807, 2.05) is 17.9 Å². The van der Waals surface area contributed by atoms with E-state index in [0.717, 1.165) is 29.3 Å². The molecule has 0 aliphatic carbocycles. The van der Waals surface area contributed by atoms with Crippen molar-refractivity contribution in [3.8, 4) is 0 Å². The molecule has 1 rings (SSSR count).